The van der Waals surface area contributed by atoms with Gasteiger partial charge in [-0.3, -0.25) is 4.79 Å². The molecule has 0 aliphatic carbocycles. The predicted octanol–water partition coefficient (Wildman–Crippen LogP) is 2.47. The Bertz CT molecular complexity index is 794. The summed E-state index contributed by atoms with van der Waals surface area (Å²) >= 11 is 0. The van der Waals surface area contributed by atoms with E-state index in [9.17, 15) is 4.79 Å². The van der Waals surface area contributed by atoms with E-state index in [1.54, 1.807) is 4.90 Å². The van der Waals surface area contributed by atoms with Gasteiger partial charge in [-0.2, -0.15) is 0 Å². The Morgan fingerprint density at radius 1 is 1.14 bits per heavy atom. The molecule has 1 heterocycles. The molecule has 5 nitrogen and oxygen atoms in total. The highest BCUT2D eigenvalue weighted by atomic mass is 16.5. The zero-order chi connectivity index (χ0) is 20.1. The average Bonchev–Trinajstić information content (AvgIpc) is 2.67. The number of carbonyl (C=O) groups is 1. The molecule has 0 bridgehead atoms. The zero-order valence-electron chi connectivity index (χ0n) is 17.4. The molecule has 5 heteroatoms. The van der Waals surface area contributed by atoms with Crippen molar-refractivity contribution in [3.05, 3.63) is 53.6 Å². The Balaban J connectivity index is 1.55. The lowest BCUT2D eigenvalue weighted by Gasteiger charge is -2.31. The molecule has 2 aromatic carbocycles. The van der Waals surface area contributed by atoms with Crippen LogP contribution in [0.15, 0.2) is 42.5 Å². The van der Waals surface area contributed by atoms with Crippen LogP contribution in [0.1, 0.15) is 30.9 Å². The summed E-state index contributed by atoms with van der Waals surface area (Å²) in [5.74, 6) is 0.993. The van der Waals surface area contributed by atoms with Crippen molar-refractivity contribution in [1.82, 2.24) is 0 Å². The molecule has 2 N–H and O–H groups in total. The number of likely N-dealkylation sites (N-methyl/N-ethyl adjacent to an activating group) is 1. The minimum absolute atomic E-state index is 0.00611. The number of hydrogen-bond acceptors (Lipinski definition) is 3. The van der Waals surface area contributed by atoms with Crippen LogP contribution in [0.2, 0.25) is 0 Å². The largest absolute Gasteiger partial charge is 0.483 e. The number of nitrogens with one attached hydrogen (secondary N) is 2. The molecule has 0 unspecified atom stereocenters. The van der Waals surface area contributed by atoms with E-state index >= 15 is 0 Å². The first kappa shape index (κ1) is 20.2. The molecule has 3 rings (SSSR count). The standard InChI is InChI=1S/C23H31N3O2/c1-17(2)21-10-5-18(3)15-22(21)28-16-23(27)24-19-6-8-20(9-7-19)26-13-11-25(4)12-14-26/h5-10,15,17H,11-14,16H2,1-4H3,(H,24,27)/p+1. The topological polar surface area (TPSA) is 46.0 Å². The molecule has 1 fully saturated rings. The monoisotopic (exact) mass is 382 g/mol. The van der Waals surface area contributed by atoms with Gasteiger partial charge >= 0.3 is 0 Å². The molecule has 150 valence electrons. The van der Waals surface area contributed by atoms with Gasteiger partial charge in [0.25, 0.3) is 5.91 Å². The van der Waals surface area contributed by atoms with E-state index < -0.39 is 0 Å². The highest BCUT2D eigenvalue weighted by Gasteiger charge is 2.17. The predicted molar refractivity (Wildman–Crippen MR) is 115 cm³/mol. The summed E-state index contributed by atoms with van der Waals surface area (Å²) in [7, 11) is 2.24. The number of hydrogen-bond donors (Lipinski definition) is 2. The van der Waals surface area contributed by atoms with Gasteiger partial charge in [0.05, 0.1) is 33.2 Å². The number of amides is 1. The maximum atomic E-state index is 12.3. The van der Waals surface area contributed by atoms with E-state index in [1.807, 2.05) is 25.1 Å². The molecule has 1 aliphatic rings. The van der Waals surface area contributed by atoms with E-state index in [4.69, 9.17) is 4.74 Å². The van der Waals surface area contributed by atoms with Gasteiger partial charge < -0.3 is 19.9 Å². The summed E-state index contributed by atoms with van der Waals surface area (Å²) in [6, 6.07) is 14.2. The van der Waals surface area contributed by atoms with Crippen LogP contribution in [0.25, 0.3) is 0 Å². The molecule has 0 saturated carbocycles. The van der Waals surface area contributed by atoms with E-state index in [0.717, 1.165) is 48.7 Å². The number of quaternary nitrogens is 1. The number of ether oxygens (including phenoxy) is 1. The number of anilines is 2. The summed E-state index contributed by atoms with van der Waals surface area (Å²) in [4.78, 5) is 16.3. The molecule has 0 aromatic heterocycles. The molecule has 1 aliphatic heterocycles. The Morgan fingerprint density at radius 3 is 2.46 bits per heavy atom. The molecule has 28 heavy (non-hydrogen) atoms. The third kappa shape index (κ3) is 5.26. The highest BCUT2D eigenvalue weighted by molar-refractivity contribution is 5.92. The van der Waals surface area contributed by atoms with Crippen LogP contribution in [0.3, 0.4) is 0 Å². The Kier molecular flexibility index (Phi) is 6.57. The van der Waals surface area contributed by atoms with E-state index in [1.165, 1.54) is 5.69 Å². The van der Waals surface area contributed by atoms with Crippen molar-refractivity contribution in [2.75, 3.05) is 50.1 Å². The van der Waals surface area contributed by atoms with Gasteiger partial charge in [0.2, 0.25) is 0 Å². The first-order valence-corrected chi connectivity index (χ1v) is 10.1. The second-order valence-corrected chi connectivity index (χ2v) is 8.02. The SMILES string of the molecule is Cc1ccc(C(C)C)c(OCC(=O)Nc2ccc(N3CC[NH+](C)CC3)cc2)c1. The normalized spacial score (nSPS) is 15.0. The number of carbonyl (C=O) groups excluding carboxylic acids is 1. The summed E-state index contributed by atoms with van der Waals surface area (Å²) in [5, 5.41) is 2.93. The Hall–Kier alpha value is -2.53. The number of nitrogens with zero attached hydrogens (tertiary/aromatic N) is 1. The van der Waals surface area contributed by atoms with Crippen LogP contribution >= 0.6 is 0 Å². The number of piperazine rings is 1. The maximum absolute atomic E-state index is 12.3. The summed E-state index contributed by atoms with van der Waals surface area (Å²) < 4.78 is 5.82. The smallest absolute Gasteiger partial charge is 0.262 e. The van der Waals surface area contributed by atoms with Crippen LogP contribution in [-0.2, 0) is 4.79 Å². The minimum atomic E-state index is -0.146. The van der Waals surface area contributed by atoms with E-state index in [-0.39, 0.29) is 12.5 Å². The summed E-state index contributed by atoms with van der Waals surface area (Å²) in [6.07, 6.45) is 0. The molecular formula is C23H32N3O2+. The van der Waals surface area contributed by atoms with Crippen molar-refractivity contribution in [2.45, 2.75) is 26.7 Å². The second-order valence-electron chi connectivity index (χ2n) is 8.02. The number of benzene rings is 2. The first-order valence-electron chi connectivity index (χ1n) is 10.1. The molecule has 0 atom stereocenters. The van der Waals surface area contributed by atoms with E-state index in [0.29, 0.717) is 5.92 Å². The van der Waals surface area contributed by atoms with Crippen molar-refractivity contribution in [1.29, 1.82) is 0 Å². The first-order chi connectivity index (χ1) is 13.4. The Morgan fingerprint density at radius 2 is 1.82 bits per heavy atom. The van der Waals surface area contributed by atoms with Gasteiger partial charge in [-0.25, -0.2) is 0 Å². The van der Waals surface area contributed by atoms with Crippen LogP contribution in [0, 0.1) is 6.92 Å². The molecule has 2 aromatic rings. The Labute approximate surface area is 168 Å². The van der Waals surface area contributed by atoms with Crippen molar-refractivity contribution in [2.24, 2.45) is 0 Å². The van der Waals surface area contributed by atoms with Gasteiger partial charge in [0, 0.05) is 11.4 Å². The van der Waals surface area contributed by atoms with Gasteiger partial charge in [-0.15, -0.1) is 0 Å². The van der Waals surface area contributed by atoms with Crippen LogP contribution < -0.4 is 19.9 Å². The fourth-order valence-electron chi connectivity index (χ4n) is 3.49. The van der Waals surface area contributed by atoms with Crippen LogP contribution in [-0.4, -0.2) is 45.7 Å². The van der Waals surface area contributed by atoms with E-state index in [2.05, 4.69) is 55.4 Å². The lowest BCUT2D eigenvalue weighted by molar-refractivity contribution is -0.880. The van der Waals surface area contributed by atoms with Gasteiger partial charge in [0.1, 0.15) is 5.75 Å². The highest BCUT2D eigenvalue weighted by Crippen LogP contribution is 2.27. The average molecular weight is 383 g/mol. The zero-order valence-corrected chi connectivity index (χ0v) is 17.4. The lowest BCUT2D eigenvalue weighted by atomic mass is 10.0. The minimum Gasteiger partial charge on any atom is -0.483 e. The maximum Gasteiger partial charge on any atom is 0.262 e. The molecule has 1 saturated heterocycles. The number of aryl methyl sites for hydroxylation is 1. The lowest BCUT2D eigenvalue weighted by Crippen LogP contribution is -3.12. The summed E-state index contributed by atoms with van der Waals surface area (Å²) in [5.41, 5.74) is 4.26. The molecule has 0 radical (unpaired) electrons. The second kappa shape index (κ2) is 9.11. The third-order valence-corrected chi connectivity index (χ3v) is 5.28. The number of rotatable bonds is 6. The molecular weight excluding hydrogens is 350 g/mol. The van der Waals surface area contributed by atoms with Crippen molar-refractivity contribution >= 4 is 17.3 Å². The van der Waals surface area contributed by atoms with Crippen LogP contribution in [0.4, 0.5) is 11.4 Å². The van der Waals surface area contributed by atoms with Crippen molar-refractivity contribution in [3.63, 3.8) is 0 Å². The fourth-order valence-corrected chi connectivity index (χ4v) is 3.49. The van der Waals surface area contributed by atoms with Gasteiger partial charge in [0.15, 0.2) is 6.61 Å². The summed E-state index contributed by atoms with van der Waals surface area (Å²) in [6.45, 7) is 10.7. The van der Waals surface area contributed by atoms with Crippen molar-refractivity contribution < 1.29 is 14.4 Å². The quantitative estimate of drug-likeness (QED) is 0.807. The molecule has 0 spiro atoms. The fraction of sp³-hybridized carbons (Fsp3) is 0.435. The third-order valence-electron chi connectivity index (χ3n) is 5.28. The van der Waals surface area contributed by atoms with Gasteiger partial charge in [-0.1, -0.05) is 26.0 Å². The van der Waals surface area contributed by atoms with Crippen molar-refractivity contribution in [3.8, 4) is 5.75 Å². The van der Waals surface area contributed by atoms with Crippen LogP contribution in [0.5, 0.6) is 5.75 Å². The molecule has 1 amide bonds. The van der Waals surface area contributed by atoms with Gasteiger partial charge in [-0.05, 0) is 54.3 Å².